The summed E-state index contributed by atoms with van der Waals surface area (Å²) in [7, 11) is 0. The number of nitrogens with zero attached hydrogens (tertiary/aromatic N) is 3. The predicted octanol–water partition coefficient (Wildman–Crippen LogP) is 7.39. The summed E-state index contributed by atoms with van der Waals surface area (Å²) in [6.07, 6.45) is 1.83. The van der Waals surface area contributed by atoms with Gasteiger partial charge in [-0.05, 0) is 98.7 Å². The van der Waals surface area contributed by atoms with Crippen LogP contribution >= 0.6 is 39.7 Å². The van der Waals surface area contributed by atoms with Gasteiger partial charge in [0.2, 0.25) is 0 Å². The SMILES string of the molecule is Cc1ccc(Cl)cc1-n1c(C)cc([C@H]2[C@@H](c3ccccn3)NC(=S)N2c2ccc(Br)cc2)c1C. The second-order valence-electron chi connectivity index (χ2n) is 8.57. The molecule has 3 heterocycles. The lowest BCUT2D eigenvalue weighted by Gasteiger charge is -2.28. The fourth-order valence-corrected chi connectivity index (χ4v) is 5.61. The van der Waals surface area contributed by atoms with Gasteiger partial charge in [0.25, 0.3) is 0 Å². The molecule has 2 aromatic carbocycles. The second-order valence-corrected chi connectivity index (χ2v) is 10.3. The molecule has 1 saturated heterocycles. The largest absolute Gasteiger partial charge is 0.351 e. The predicted molar refractivity (Wildman–Crippen MR) is 147 cm³/mol. The molecule has 2 aromatic heterocycles. The number of thiocarbonyl (C=S) groups is 1. The minimum atomic E-state index is -0.0910. The van der Waals surface area contributed by atoms with E-state index in [0.29, 0.717) is 5.11 Å². The first-order chi connectivity index (χ1) is 16.3. The highest BCUT2D eigenvalue weighted by Crippen LogP contribution is 2.44. The third-order valence-electron chi connectivity index (χ3n) is 6.40. The smallest absolute Gasteiger partial charge is 0.174 e. The van der Waals surface area contributed by atoms with E-state index in [9.17, 15) is 0 Å². The van der Waals surface area contributed by atoms with Gasteiger partial charge in [0, 0.05) is 38.5 Å². The molecule has 0 aliphatic carbocycles. The third kappa shape index (κ3) is 4.04. The van der Waals surface area contributed by atoms with Crippen molar-refractivity contribution < 1.29 is 0 Å². The van der Waals surface area contributed by atoms with Crippen LogP contribution in [0.2, 0.25) is 5.02 Å². The molecule has 4 nitrogen and oxygen atoms in total. The van der Waals surface area contributed by atoms with Gasteiger partial charge in [0.1, 0.15) is 0 Å². The van der Waals surface area contributed by atoms with Gasteiger partial charge in [-0.2, -0.15) is 0 Å². The van der Waals surface area contributed by atoms with Gasteiger partial charge in [0.05, 0.1) is 17.8 Å². The van der Waals surface area contributed by atoms with Crippen molar-refractivity contribution in [3.63, 3.8) is 0 Å². The van der Waals surface area contributed by atoms with Crippen LogP contribution in [-0.2, 0) is 0 Å². The van der Waals surface area contributed by atoms with Crippen LogP contribution in [0, 0.1) is 20.8 Å². The Morgan fingerprint density at radius 1 is 1.00 bits per heavy atom. The minimum Gasteiger partial charge on any atom is -0.351 e. The Hall–Kier alpha value is -2.67. The molecule has 172 valence electrons. The van der Waals surface area contributed by atoms with Gasteiger partial charge in [-0.3, -0.25) is 4.98 Å². The van der Waals surface area contributed by atoms with Crippen LogP contribution in [0.1, 0.15) is 40.3 Å². The summed E-state index contributed by atoms with van der Waals surface area (Å²) in [6, 6.07) is 22.4. The summed E-state index contributed by atoms with van der Waals surface area (Å²) in [5.74, 6) is 0. The summed E-state index contributed by atoms with van der Waals surface area (Å²) in [4.78, 5) is 6.88. The fourth-order valence-electron chi connectivity index (χ4n) is 4.83. The van der Waals surface area contributed by atoms with E-state index in [4.69, 9.17) is 23.8 Å². The molecule has 0 unspecified atom stereocenters. The van der Waals surface area contributed by atoms with Crippen molar-refractivity contribution >= 4 is 50.5 Å². The number of halogens is 2. The molecule has 1 aliphatic rings. The van der Waals surface area contributed by atoms with Crippen molar-refractivity contribution in [2.45, 2.75) is 32.9 Å². The molecule has 1 N–H and O–H groups in total. The second kappa shape index (κ2) is 9.17. The van der Waals surface area contributed by atoms with Gasteiger partial charge in [-0.15, -0.1) is 0 Å². The molecule has 0 spiro atoms. The molecule has 1 fully saturated rings. The average Bonchev–Trinajstić information content (AvgIpc) is 3.32. The van der Waals surface area contributed by atoms with Crippen LogP contribution in [0.5, 0.6) is 0 Å². The normalized spacial score (nSPS) is 17.8. The van der Waals surface area contributed by atoms with Crippen LogP contribution < -0.4 is 10.2 Å². The number of benzene rings is 2. The van der Waals surface area contributed by atoms with Crippen LogP contribution in [0.25, 0.3) is 5.69 Å². The highest BCUT2D eigenvalue weighted by atomic mass is 79.9. The Bertz CT molecular complexity index is 1370. The summed E-state index contributed by atoms with van der Waals surface area (Å²) >= 11 is 15.8. The van der Waals surface area contributed by atoms with Gasteiger partial charge < -0.3 is 14.8 Å². The van der Waals surface area contributed by atoms with Crippen molar-refractivity contribution in [2.24, 2.45) is 0 Å². The molecule has 0 bridgehead atoms. The molecule has 5 rings (SSSR count). The van der Waals surface area contributed by atoms with E-state index >= 15 is 0 Å². The quantitative estimate of drug-likeness (QED) is 0.268. The Morgan fingerprint density at radius 2 is 1.76 bits per heavy atom. The zero-order chi connectivity index (χ0) is 24.0. The summed E-state index contributed by atoms with van der Waals surface area (Å²) in [5, 5.41) is 4.96. The van der Waals surface area contributed by atoms with E-state index in [1.165, 1.54) is 11.1 Å². The maximum atomic E-state index is 6.38. The van der Waals surface area contributed by atoms with Crippen molar-refractivity contribution in [1.82, 2.24) is 14.9 Å². The minimum absolute atomic E-state index is 0.0667. The van der Waals surface area contributed by atoms with Crippen LogP contribution in [-0.4, -0.2) is 14.7 Å². The van der Waals surface area contributed by atoms with Gasteiger partial charge in [0.15, 0.2) is 5.11 Å². The van der Waals surface area contributed by atoms with E-state index < -0.39 is 0 Å². The van der Waals surface area contributed by atoms with Crippen molar-refractivity contribution in [2.75, 3.05) is 4.90 Å². The lowest BCUT2D eigenvalue weighted by atomic mass is 9.96. The molecule has 34 heavy (non-hydrogen) atoms. The van der Waals surface area contributed by atoms with Crippen molar-refractivity contribution in [3.8, 4) is 5.69 Å². The zero-order valence-electron chi connectivity index (χ0n) is 19.1. The molecule has 0 saturated carbocycles. The van der Waals surface area contributed by atoms with Gasteiger partial charge >= 0.3 is 0 Å². The topological polar surface area (TPSA) is 33.1 Å². The Balaban J connectivity index is 1.70. The van der Waals surface area contributed by atoms with Crippen molar-refractivity contribution in [3.05, 3.63) is 111 Å². The lowest BCUT2D eigenvalue weighted by molar-refractivity contribution is 0.565. The Labute approximate surface area is 218 Å². The van der Waals surface area contributed by atoms with Crippen LogP contribution in [0.4, 0.5) is 5.69 Å². The highest BCUT2D eigenvalue weighted by Gasteiger charge is 2.42. The summed E-state index contributed by atoms with van der Waals surface area (Å²) < 4.78 is 3.31. The first kappa shape index (κ1) is 23.1. The number of pyridine rings is 1. The number of hydrogen-bond acceptors (Lipinski definition) is 2. The Kier molecular flexibility index (Phi) is 6.23. The number of nitrogens with one attached hydrogen (secondary N) is 1. The number of aryl methyl sites for hydroxylation is 2. The number of aromatic nitrogens is 2. The maximum absolute atomic E-state index is 6.38. The van der Waals surface area contributed by atoms with Crippen LogP contribution in [0.15, 0.2) is 77.4 Å². The van der Waals surface area contributed by atoms with Gasteiger partial charge in [-0.25, -0.2) is 0 Å². The standard InChI is InChI=1S/C27H24BrClN4S/c1-16-7-10-20(29)15-24(16)32-17(2)14-22(18(32)3)26-25(23-6-4-5-13-30-23)31-27(34)33(26)21-11-8-19(28)9-12-21/h4-15,25-26H,1-3H3,(H,31,34)/t25-,26+/m1/s1. The molecule has 7 heteroatoms. The first-order valence-electron chi connectivity index (χ1n) is 11.1. The lowest BCUT2D eigenvalue weighted by Crippen LogP contribution is -2.29. The molecular formula is C27H24BrClN4S. The van der Waals surface area contributed by atoms with E-state index in [1.807, 2.05) is 42.6 Å². The molecule has 4 aromatic rings. The number of anilines is 1. The first-order valence-corrected chi connectivity index (χ1v) is 12.6. The van der Waals surface area contributed by atoms with Gasteiger partial charge in [-0.1, -0.05) is 39.7 Å². The highest BCUT2D eigenvalue weighted by molar-refractivity contribution is 9.10. The zero-order valence-corrected chi connectivity index (χ0v) is 22.2. The van der Waals surface area contributed by atoms with E-state index in [1.54, 1.807) is 0 Å². The summed E-state index contributed by atoms with van der Waals surface area (Å²) in [6.45, 7) is 6.41. The van der Waals surface area contributed by atoms with Crippen LogP contribution in [0.3, 0.4) is 0 Å². The number of hydrogen-bond donors (Lipinski definition) is 1. The van der Waals surface area contributed by atoms with E-state index in [2.05, 4.69) is 86.8 Å². The summed E-state index contributed by atoms with van der Waals surface area (Å²) in [5.41, 5.74) is 7.75. The van der Waals surface area contributed by atoms with E-state index in [0.717, 1.165) is 38.0 Å². The maximum Gasteiger partial charge on any atom is 0.174 e. The Morgan fingerprint density at radius 3 is 2.47 bits per heavy atom. The molecule has 1 aliphatic heterocycles. The van der Waals surface area contributed by atoms with Crippen molar-refractivity contribution in [1.29, 1.82) is 0 Å². The third-order valence-corrected chi connectivity index (χ3v) is 7.48. The van der Waals surface area contributed by atoms with E-state index in [-0.39, 0.29) is 12.1 Å². The fraction of sp³-hybridized carbons (Fsp3) is 0.185. The molecule has 0 amide bonds. The monoisotopic (exact) mass is 550 g/mol. The number of rotatable bonds is 4. The molecular weight excluding hydrogens is 528 g/mol. The molecule has 2 atom stereocenters. The average molecular weight is 552 g/mol. The molecule has 0 radical (unpaired) electrons.